The van der Waals surface area contributed by atoms with Gasteiger partial charge in [0.1, 0.15) is 5.82 Å². The maximum Gasteiger partial charge on any atom is 0.170 e. The van der Waals surface area contributed by atoms with Gasteiger partial charge in [-0.1, -0.05) is 18.5 Å². The Balaban J connectivity index is 3.06. The highest BCUT2D eigenvalue weighted by Crippen LogP contribution is 2.18. The summed E-state index contributed by atoms with van der Waals surface area (Å²) in [4.78, 5) is 15.5. The summed E-state index contributed by atoms with van der Waals surface area (Å²) in [5.74, 6) is -0.197. The van der Waals surface area contributed by atoms with E-state index in [4.69, 9.17) is 23.1 Å². The molecule has 0 bridgehead atoms. The first kappa shape index (κ1) is 10.9. The van der Waals surface area contributed by atoms with Crippen LogP contribution in [0.15, 0.2) is 12.3 Å². The van der Waals surface area contributed by atoms with E-state index in [9.17, 15) is 4.79 Å². The van der Waals surface area contributed by atoms with Crippen molar-refractivity contribution in [3.63, 3.8) is 0 Å². The molecule has 1 rings (SSSR count). The van der Waals surface area contributed by atoms with Crippen molar-refractivity contribution >= 4 is 23.2 Å². The number of hydrogen-bond acceptors (Lipinski definition) is 4. The third-order valence-corrected chi connectivity index (χ3v) is 2.16. The number of hydrogen-bond donors (Lipinski definition) is 2. The van der Waals surface area contributed by atoms with Gasteiger partial charge in [0.05, 0.1) is 10.6 Å². The van der Waals surface area contributed by atoms with E-state index in [1.54, 1.807) is 6.92 Å². The van der Waals surface area contributed by atoms with Crippen LogP contribution in [0, 0.1) is 5.92 Å². The fraction of sp³-hybridized carbons (Fsp3) is 0.333. The van der Waals surface area contributed by atoms with Crippen LogP contribution in [0.4, 0.5) is 5.82 Å². The van der Waals surface area contributed by atoms with Crippen molar-refractivity contribution in [2.45, 2.75) is 6.92 Å². The number of rotatable bonds is 3. The number of Topliss-reactive ketones (excluding diaryl/α,β-unsaturated/α-hetero) is 1. The molecule has 0 saturated heterocycles. The fourth-order valence-electron chi connectivity index (χ4n) is 1.02. The number of pyridine rings is 1. The Kier molecular flexibility index (Phi) is 3.43. The Bertz CT molecular complexity index is 354. The number of ketones is 1. The summed E-state index contributed by atoms with van der Waals surface area (Å²) in [6.07, 6.45) is 1.40. The maximum absolute atomic E-state index is 11.7. The maximum atomic E-state index is 11.7. The van der Waals surface area contributed by atoms with E-state index < -0.39 is 0 Å². The number of anilines is 1. The van der Waals surface area contributed by atoms with Crippen molar-refractivity contribution in [1.29, 1.82) is 0 Å². The van der Waals surface area contributed by atoms with E-state index in [2.05, 4.69) is 4.98 Å². The number of nitrogen functional groups attached to an aromatic ring is 1. The Morgan fingerprint density at radius 3 is 2.93 bits per heavy atom. The molecule has 4 nitrogen and oxygen atoms in total. The molecule has 0 aliphatic heterocycles. The van der Waals surface area contributed by atoms with Crippen LogP contribution in [-0.4, -0.2) is 17.3 Å². The van der Waals surface area contributed by atoms with Gasteiger partial charge in [0.2, 0.25) is 0 Å². The van der Waals surface area contributed by atoms with E-state index in [0.717, 1.165) is 0 Å². The van der Waals surface area contributed by atoms with Gasteiger partial charge in [-0.3, -0.25) is 4.79 Å². The monoisotopic (exact) mass is 213 g/mol. The second kappa shape index (κ2) is 4.39. The van der Waals surface area contributed by atoms with Crippen molar-refractivity contribution in [1.82, 2.24) is 4.98 Å². The number of aromatic nitrogens is 1. The molecule has 4 N–H and O–H groups in total. The van der Waals surface area contributed by atoms with Gasteiger partial charge in [-0.15, -0.1) is 0 Å². The Hall–Kier alpha value is -1.13. The first-order chi connectivity index (χ1) is 6.56. The number of carbonyl (C=O) groups is 1. The molecule has 1 atom stereocenters. The SMILES string of the molecule is CC(CN)C(=O)c1cc(Cl)cnc1N. The zero-order chi connectivity index (χ0) is 10.7. The average Bonchev–Trinajstić information content (AvgIpc) is 2.19. The van der Waals surface area contributed by atoms with E-state index in [0.29, 0.717) is 10.6 Å². The zero-order valence-corrected chi connectivity index (χ0v) is 8.58. The van der Waals surface area contributed by atoms with Crippen molar-refractivity contribution < 1.29 is 4.79 Å². The summed E-state index contributed by atoms with van der Waals surface area (Å²) in [6.45, 7) is 2.02. The molecule has 1 aromatic heterocycles. The smallest absolute Gasteiger partial charge is 0.170 e. The van der Waals surface area contributed by atoms with Gasteiger partial charge < -0.3 is 11.5 Å². The Labute approximate surface area is 87.3 Å². The molecule has 0 fully saturated rings. The molecule has 0 aliphatic carbocycles. The molecule has 0 aliphatic rings. The molecular formula is C9H12ClN3O. The molecule has 76 valence electrons. The summed E-state index contributed by atoms with van der Waals surface area (Å²) < 4.78 is 0. The molecular weight excluding hydrogens is 202 g/mol. The second-order valence-corrected chi connectivity index (χ2v) is 3.52. The van der Waals surface area contributed by atoms with Crippen LogP contribution in [0.1, 0.15) is 17.3 Å². The van der Waals surface area contributed by atoms with Crippen LogP contribution >= 0.6 is 11.6 Å². The first-order valence-corrected chi connectivity index (χ1v) is 4.59. The molecule has 0 amide bonds. The van der Waals surface area contributed by atoms with Crippen molar-refractivity contribution in [3.8, 4) is 0 Å². The summed E-state index contributed by atoms with van der Waals surface area (Å²) in [7, 11) is 0. The Morgan fingerprint density at radius 2 is 2.36 bits per heavy atom. The summed E-state index contributed by atoms with van der Waals surface area (Å²) >= 11 is 5.71. The van der Waals surface area contributed by atoms with E-state index in [1.165, 1.54) is 12.3 Å². The molecule has 1 heterocycles. The fourth-order valence-corrected chi connectivity index (χ4v) is 1.18. The number of halogens is 1. The Morgan fingerprint density at radius 1 is 1.71 bits per heavy atom. The summed E-state index contributed by atoms with van der Waals surface area (Å²) in [5.41, 5.74) is 11.3. The molecule has 0 spiro atoms. The lowest BCUT2D eigenvalue weighted by atomic mass is 10.0. The summed E-state index contributed by atoms with van der Waals surface area (Å²) in [6, 6.07) is 1.51. The molecule has 0 saturated carbocycles. The van der Waals surface area contributed by atoms with Crippen LogP contribution in [0.2, 0.25) is 5.02 Å². The van der Waals surface area contributed by atoms with Crippen LogP contribution < -0.4 is 11.5 Å². The average molecular weight is 214 g/mol. The first-order valence-electron chi connectivity index (χ1n) is 4.21. The zero-order valence-electron chi connectivity index (χ0n) is 7.83. The highest BCUT2D eigenvalue weighted by Gasteiger charge is 2.17. The van der Waals surface area contributed by atoms with Crippen molar-refractivity contribution in [2.24, 2.45) is 11.7 Å². The third kappa shape index (κ3) is 2.21. The highest BCUT2D eigenvalue weighted by atomic mass is 35.5. The molecule has 0 radical (unpaired) electrons. The van der Waals surface area contributed by atoms with E-state index in [1.807, 2.05) is 0 Å². The van der Waals surface area contributed by atoms with E-state index >= 15 is 0 Å². The number of nitrogens with zero attached hydrogens (tertiary/aromatic N) is 1. The lowest BCUT2D eigenvalue weighted by Crippen LogP contribution is -2.21. The molecule has 1 unspecified atom stereocenters. The van der Waals surface area contributed by atoms with Crippen LogP contribution in [0.25, 0.3) is 0 Å². The van der Waals surface area contributed by atoms with Gasteiger partial charge >= 0.3 is 0 Å². The number of carbonyl (C=O) groups excluding carboxylic acids is 1. The van der Waals surface area contributed by atoms with Crippen LogP contribution in [-0.2, 0) is 0 Å². The van der Waals surface area contributed by atoms with Crippen molar-refractivity contribution in [2.75, 3.05) is 12.3 Å². The minimum absolute atomic E-state index is 0.125. The largest absolute Gasteiger partial charge is 0.383 e. The molecule has 1 aromatic rings. The predicted octanol–water partition coefficient (Wildman–Crippen LogP) is 1.09. The van der Waals surface area contributed by atoms with Gasteiger partial charge in [-0.05, 0) is 6.07 Å². The lowest BCUT2D eigenvalue weighted by Gasteiger charge is -2.08. The van der Waals surface area contributed by atoms with Gasteiger partial charge in [-0.25, -0.2) is 4.98 Å². The second-order valence-electron chi connectivity index (χ2n) is 3.09. The molecule has 0 aromatic carbocycles. The number of nitrogens with two attached hydrogens (primary N) is 2. The topological polar surface area (TPSA) is 82.0 Å². The normalized spacial score (nSPS) is 12.5. The quantitative estimate of drug-likeness (QED) is 0.737. The minimum Gasteiger partial charge on any atom is -0.383 e. The lowest BCUT2D eigenvalue weighted by molar-refractivity contribution is 0.0935. The van der Waals surface area contributed by atoms with Gasteiger partial charge in [0.25, 0.3) is 0 Å². The van der Waals surface area contributed by atoms with Gasteiger partial charge in [0, 0.05) is 18.7 Å². The molecule has 14 heavy (non-hydrogen) atoms. The minimum atomic E-state index is -0.266. The molecule has 5 heteroatoms. The van der Waals surface area contributed by atoms with Crippen molar-refractivity contribution in [3.05, 3.63) is 22.8 Å². The van der Waals surface area contributed by atoms with Gasteiger partial charge in [0.15, 0.2) is 5.78 Å². The standard InChI is InChI=1S/C9H12ClN3O/c1-5(3-11)8(14)7-2-6(10)4-13-9(7)12/h2,4-5H,3,11H2,1H3,(H2,12,13). The predicted molar refractivity (Wildman–Crippen MR) is 56.2 cm³/mol. The third-order valence-electron chi connectivity index (χ3n) is 1.95. The van der Waals surface area contributed by atoms with Crippen LogP contribution in [0.3, 0.4) is 0 Å². The summed E-state index contributed by atoms with van der Waals surface area (Å²) in [5, 5.41) is 0.395. The highest BCUT2D eigenvalue weighted by molar-refractivity contribution is 6.31. The van der Waals surface area contributed by atoms with Crippen LogP contribution in [0.5, 0.6) is 0 Å². The van der Waals surface area contributed by atoms with E-state index in [-0.39, 0.29) is 24.1 Å². The van der Waals surface area contributed by atoms with Gasteiger partial charge in [-0.2, -0.15) is 0 Å².